The molecular weight excluding hydrogens is 306 g/mol. The quantitative estimate of drug-likeness (QED) is 0.901. The number of benzene rings is 1. The maximum absolute atomic E-state index is 12.5. The molecule has 1 fully saturated rings. The lowest BCUT2D eigenvalue weighted by Crippen LogP contribution is -2.49. The molecule has 2 heterocycles. The highest BCUT2D eigenvalue weighted by atomic mass is 35.5. The smallest absolute Gasteiger partial charge is 0.317 e. The molecule has 0 atom stereocenters. The maximum atomic E-state index is 12.5. The summed E-state index contributed by atoms with van der Waals surface area (Å²) in [5, 5.41) is 10.3. The first-order valence-electron chi connectivity index (χ1n) is 7.04. The highest BCUT2D eigenvalue weighted by Crippen LogP contribution is 2.21. The Labute approximate surface area is 132 Å². The number of aromatic nitrogens is 1. The van der Waals surface area contributed by atoms with Crippen LogP contribution < -0.4 is 0 Å². The predicted octanol–water partition coefficient (Wildman–Crippen LogP) is 1.66. The summed E-state index contributed by atoms with van der Waals surface area (Å²) in [6.07, 6.45) is 0. The van der Waals surface area contributed by atoms with Crippen LogP contribution >= 0.6 is 11.6 Å². The summed E-state index contributed by atoms with van der Waals surface area (Å²) in [5.74, 6) is -0.908. The number of aromatic amines is 1. The van der Waals surface area contributed by atoms with Gasteiger partial charge in [-0.1, -0.05) is 11.6 Å². The highest BCUT2D eigenvalue weighted by Gasteiger charge is 2.24. The van der Waals surface area contributed by atoms with Crippen LogP contribution in [0.15, 0.2) is 24.3 Å². The zero-order valence-corrected chi connectivity index (χ0v) is 12.6. The van der Waals surface area contributed by atoms with Crippen molar-refractivity contribution in [3.63, 3.8) is 0 Å². The van der Waals surface area contributed by atoms with Crippen molar-refractivity contribution in [2.45, 2.75) is 0 Å². The number of hydrogen-bond donors (Lipinski definition) is 2. The second-order valence-corrected chi connectivity index (χ2v) is 5.81. The number of nitrogens with zero attached hydrogens (tertiary/aromatic N) is 2. The lowest BCUT2D eigenvalue weighted by atomic mass is 10.2. The van der Waals surface area contributed by atoms with Crippen molar-refractivity contribution in [3.8, 4) is 0 Å². The molecule has 1 aromatic carbocycles. The summed E-state index contributed by atoms with van der Waals surface area (Å²) < 4.78 is 0. The molecule has 1 aromatic heterocycles. The number of amides is 1. The van der Waals surface area contributed by atoms with E-state index in [0.717, 1.165) is 10.9 Å². The number of H-pyrrole nitrogens is 1. The van der Waals surface area contributed by atoms with Crippen molar-refractivity contribution in [2.75, 3.05) is 32.7 Å². The van der Waals surface area contributed by atoms with E-state index in [1.54, 1.807) is 17.0 Å². The summed E-state index contributed by atoms with van der Waals surface area (Å²) in [6.45, 7) is 2.23. The Kier molecular flexibility index (Phi) is 4.04. The molecule has 0 unspecified atom stereocenters. The van der Waals surface area contributed by atoms with Gasteiger partial charge in [0, 0.05) is 42.1 Å². The van der Waals surface area contributed by atoms with Crippen LogP contribution in [0.25, 0.3) is 10.9 Å². The third kappa shape index (κ3) is 3.08. The fourth-order valence-electron chi connectivity index (χ4n) is 2.69. The first-order valence-corrected chi connectivity index (χ1v) is 7.42. The first-order chi connectivity index (χ1) is 10.5. The van der Waals surface area contributed by atoms with Crippen LogP contribution in [0.5, 0.6) is 0 Å². The molecule has 1 aliphatic heterocycles. The molecule has 0 saturated carbocycles. The zero-order chi connectivity index (χ0) is 15.7. The van der Waals surface area contributed by atoms with Crippen LogP contribution in [0.2, 0.25) is 5.02 Å². The Hall–Kier alpha value is -2.05. The molecule has 116 valence electrons. The average molecular weight is 322 g/mol. The molecule has 6 nitrogen and oxygen atoms in total. The standard InChI is InChI=1S/C15H16ClN3O3/c16-11-1-2-12-10(7-11)8-13(17-12)15(22)19-5-3-18(4-6-19)9-14(20)21/h1-2,7-8,17H,3-6,9H2,(H,20,21). The minimum Gasteiger partial charge on any atom is -0.480 e. The fraction of sp³-hybridized carbons (Fsp3) is 0.333. The number of aliphatic carboxylic acids is 1. The molecule has 2 N–H and O–H groups in total. The van der Waals surface area contributed by atoms with Gasteiger partial charge in [0.15, 0.2) is 0 Å². The molecule has 7 heteroatoms. The van der Waals surface area contributed by atoms with Crippen LogP contribution in [0.1, 0.15) is 10.5 Å². The summed E-state index contributed by atoms with van der Waals surface area (Å²) >= 11 is 5.95. The molecule has 0 spiro atoms. The van der Waals surface area contributed by atoms with Gasteiger partial charge in [0.1, 0.15) is 5.69 Å². The van der Waals surface area contributed by atoms with Crippen LogP contribution in [0.3, 0.4) is 0 Å². The SMILES string of the molecule is O=C(O)CN1CCN(C(=O)c2cc3cc(Cl)ccc3[nH]2)CC1. The van der Waals surface area contributed by atoms with Crippen molar-refractivity contribution in [3.05, 3.63) is 35.0 Å². The largest absolute Gasteiger partial charge is 0.480 e. The van der Waals surface area contributed by atoms with E-state index < -0.39 is 5.97 Å². The van der Waals surface area contributed by atoms with Crippen molar-refractivity contribution < 1.29 is 14.7 Å². The number of nitrogens with one attached hydrogen (secondary N) is 1. The molecule has 3 rings (SSSR count). The fourth-order valence-corrected chi connectivity index (χ4v) is 2.87. The number of piperazine rings is 1. The van der Waals surface area contributed by atoms with Crippen molar-refractivity contribution in [1.82, 2.24) is 14.8 Å². The molecule has 2 aromatic rings. The Balaban J connectivity index is 1.69. The topological polar surface area (TPSA) is 76.6 Å². The van der Waals surface area contributed by atoms with E-state index in [0.29, 0.717) is 36.9 Å². The highest BCUT2D eigenvalue weighted by molar-refractivity contribution is 6.31. The third-order valence-electron chi connectivity index (χ3n) is 3.83. The molecule has 1 aliphatic rings. The number of rotatable bonds is 3. The molecule has 1 saturated heterocycles. The van der Waals surface area contributed by atoms with Crippen LogP contribution in [-0.4, -0.2) is 64.5 Å². The Morgan fingerprint density at radius 2 is 1.91 bits per heavy atom. The number of carbonyl (C=O) groups excluding carboxylic acids is 1. The third-order valence-corrected chi connectivity index (χ3v) is 4.07. The van der Waals surface area contributed by atoms with Gasteiger partial charge in [-0.15, -0.1) is 0 Å². The van der Waals surface area contributed by atoms with Crippen LogP contribution in [-0.2, 0) is 4.79 Å². The number of fused-ring (bicyclic) bond motifs is 1. The van der Waals surface area contributed by atoms with Gasteiger partial charge in [-0.2, -0.15) is 0 Å². The van der Waals surface area contributed by atoms with Crippen molar-refractivity contribution in [1.29, 1.82) is 0 Å². The number of carbonyl (C=O) groups is 2. The minimum absolute atomic E-state index is 0.0208. The lowest BCUT2D eigenvalue weighted by molar-refractivity contribution is -0.138. The first kappa shape index (κ1) is 14.9. The predicted molar refractivity (Wildman–Crippen MR) is 83.3 cm³/mol. The summed E-state index contributed by atoms with van der Waals surface area (Å²) in [7, 11) is 0. The number of carboxylic acid groups (broad SMARTS) is 1. The van der Waals surface area contributed by atoms with E-state index in [2.05, 4.69) is 4.98 Å². The second kappa shape index (κ2) is 5.98. The summed E-state index contributed by atoms with van der Waals surface area (Å²) in [4.78, 5) is 29.9. The van der Waals surface area contributed by atoms with E-state index in [1.165, 1.54) is 0 Å². The van der Waals surface area contributed by atoms with Gasteiger partial charge >= 0.3 is 5.97 Å². The monoisotopic (exact) mass is 321 g/mol. The number of hydrogen-bond acceptors (Lipinski definition) is 3. The number of halogens is 1. The van der Waals surface area contributed by atoms with Gasteiger partial charge in [0.05, 0.1) is 6.54 Å². The summed E-state index contributed by atoms with van der Waals surface area (Å²) in [6, 6.07) is 7.24. The number of carboxylic acids is 1. The molecule has 0 aliphatic carbocycles. The zero-order valence-electron chi connectivity index (χ0n) is 11.9. The maximum Gasteiger partial charge on any atom is 0.317 e. The van der Waals surface area contributed by atoms with E-state index in [4.69, 9.17) is 16.7 Å². The van der Waals surface area contributed by atoms with Gasteiger partial charge in [-0.3, -0.25) is 14.5 Å². The molecule has 0 radical (unpaired) electrons. The van der Waals surface area contributed by atoms with Crippen LogP contribution in [0.4, 0.5) is 0 Å². The molecular formula is C15H16ClN3O3. The van der Waals surface area contributed by atoms with Gasteiger partial charge in [0.25, 0.3) is 5.91 Å². The van der Waals surface area contributed by atoms with Gasteiger partial charge in [-0.05, 0) is 24.3 Å². The van der Waals surface area contributed by atoms with Crippen molar-refractivity contribution >= 4 is 34.4 Å². The Bertz CT molecular complexity index is 720. The summed E-state index contributed by atoms with van der Waals surface area (Å²) in [5.41, 5.74) is 1.40. The van der Waals surface area contributed by atoms with Gasteiger partial charge < -0.3 is 15.0 Å². The second-order valence-electron chi connectivity index (χ2n) is 5.38. The molecule has 0 bridgehead atoms. The van der Waals surface area contributed by atoms with Gasteiger partial charge in [0.2, 0.25) is 0 Å². The van der Waals surface area contributed by atoms with Gasteiger partial charge in [-0.25, -0.2) is 0 Å². The van der Waals surface area contributed by atoms with Crippen LogP contribution in [0, 0.1) is 0 Å². The molecule has 1 amide bonds. The Morgan fingerprint density at radius 3 is 2.59 bits per heavy atom. The lowest BCUT2D eigenvalue weighted by Gasteiger charge is -2.33. The minimum atomic E-state index is -0.840. The molecule has 22 heavy (non-hydrogen) atoms. The Morgan fingerprint density at radius 1 is 1.18 bits per heavy atom. The van der Waals surface area contributed by atoms with E-state index in [1.807, 2.05) is 17.0 Å². The van der Waals surface area contributed by atoms with E-state index >= 15 is 0 Å². The average Bonchev–Trinajstić information content (AvgIpc) is 2.89. The van der Waals surface area contributed by atoms with Crippen molar-refractivity contribution in [2.24, 2.45) is 0 Å². The normalized spacial score (nSPS) is 16.1. The van der Waals surface area contributed by atoms with E-state index in [-0.39, 0.29) is 12.5 Å². The van der Waals surface area contributed by atoms with E-state index in [9.17, 15) is 9.59 Å².